The first-order valence-corrected chi connectivity index (χ1v) is 7.02. The summed E-state index contributed by atoms with van der Waals surface area (Å²) in [4.78, 5) is 13.8. The second-order valence-electron chi connectivity index (χ2n) is 4.81. The Hall–Kier alpha value is -1.54. The van der Waals surface area contributed by atoms with Crippen molar-refractivity contribution in [2.75, 3.05) is 5.75 Å². The molecule has 0 spiro atoms. The van der Waals surface area contributed by atoms with Crippen LogP contribution in [0.25, 0.3) is 0 Å². The second-order valence-corrected chi connectivity index (χ2v) is 5.83. The van der Waals surface area contributed by atoms with Crippen LogP contribution in [0.15, 0.2) is 59.5 Å². The third-order valence-electron chi connectivity index (χ3n) is 3.56. The van der Waals surface area contributed by atoms with E-state index in [4.69, 9.17) is 0 Å². The van der Waals surface area contributed by atoms with E-state index < -0.39 is 5.41 Å². The Labute approximate surface area is 111 Å². The van der Waals surface area contributed by atoms with Gasteiger partial charge < -0.3 is 0 Å². The fourth-order valence-corrected chi connectivity index (χ4v) is 3.62. The molecule has 1 atom stereocenters. The van der Waals surface area contributed by atoms with E-state index in [-0.39, 0.29) is 5.78 Å². The number of fused-ring (bicyclic) bond motifs is 1. The number of Topliss-reactive ketones (excluding diaryl/α,β-unsaturated/α-hetero) is 1. The van der Waals surface area contributed by atoms with Crippen LogP contribution >= 0.6 is 11.8 Å². The van der Waals surface area contributed by atoms with Gasteiger partial charge in [0.1, 0.15) is 0 Å². The molecule has 1 nitrogen and oxygen atoms in total. The topological polar surface area (TPSA) is 17.1 Å². The zero-order valence-electron chi connectivity index (χ0n) is 10.2. The molecular formula is C16H14OS. The van der Waals surface area contributed by atoms with Gasteiger partial charge in [0.25, 0.3) is 0 Å². The molecule has 1 heterocycles. The van der Waals surface area contributed by atoms with Gasteiger partial charge in [0.15, 0.2) is 5.78 Å². The van der Waals surface area contributed by atoms with Gasteiger partial charge in [-0.3, -0.25) is 4.79 Å². The largest absolute Gasteiger partial charge is 0.293 e. The zero-order chi connectivity index (χ0) is 12.6. The predicted octanol–water partition coefficient (Wildman–Crippen LogP) is 3.93. The standard InChI is InChI=1S/C16H14OS/c1-16(12-7-3-2-4-8-12)11-18-14-10-6-5-9-13(14)15(16)17/h2-10H,11H2,1H3/t16-/m1/s1. The molecule has 0 N–H and O–H groups in total. The molecule has 2 aromatic carbocycles. The van der Waals surface area contributed by atoms with E-state index in [9.17, 15) is 4.79 Å². The third kappa shape index (κ3) is 1.68. The number of hydrogen-bond donors (Lipinski definition) is 0. The molecule has 0 saturated carbocycles. The molecule has 0 fully saturated rings. The van der Waals surface area contributed by atoms with E-state index in [0.717, 1.165) is 21.8 Å². The Kier molecular flexibility index (Phi) is 2.75. The van der Waals surface area contributed by atoms with Gasteiger partial charge in [-0.15, -0.1) is 11.8 Å². The summed E-state index contributed by atoms with van der Waals surface area (Å²) in [5.41, 5.74) is 1.57. The summed E-state index contributed by atoms with van der Waals surface area (Å²) >= 11 is 1.77. The molecule has 1 aliphatic heterocycles. The van der Waals surface area contributed by atoms with Crippen molar-refractivity contribution in [3.05, 3.63) is 65.7 Å². The molecule has 3 rings (SSSR count). The van der Waals surface area contributed by atoms with Crippen LogP contribution in [0.1, 0.15) is 22.8 Å². The normalized spacial score (nSPS) is 22.6. The summed E-state index contributed by atoms with van der Waals surface area (Å²) in [6, 6.07) is 18.0. The van der Waals surface area contributed by atoms with Crippen LogP contribution in [0, 0.1) is 0 Å². The number of carbonyl (C=O) groups is 1. The highest BCUT2D eigenvalue weighted by molar-refractivity contribution is 7.99. The fraction of sp³-hybridized carbons (Fsp3) is 0.188. The summed E-state index contributed by atoms with van der Waals surface area (Å²) in [5, 5.41) is 0. The van der Waals surface area contributed by atoms with E-state index in [1.165, 1.54) is 0 Å². The predicted molar refractivity (Wildman–Crippen MR) is 75.3 cm³/mol. The highest BCUT2D eigenvalue weighted by atomic mass is 32.2. The number of rotatable bonds is 1. The van der Waals surface area contributed by atoms with E-state index in [1.807, 2.05) is 61.5 Å². The number of carbonyl (C=O) groups excluding carboxylic acids is 1. The van der Waals surface area contributed by atoms with Gasteiger partial charge in [-0.25, -0.2) is 0 Å². The monoisotopic (exact) mass is 254 g/mol. The lowest BCUT2D eigenvalue weighted by Gasteiger charge is -2.33. The first kappa shape index (κ1) is 11.5. The average molecular weight is 254 g/mol. The molecule has 0 aliphatic carbocycles. The van der Waals surface area contributed by atoms with Crippen molar-refractivity contribution in [3.8, 4) is 0 Å². The highest BCUT2D eigenvalue weighted by Crippen LogP contribution is 2.41. The lowest BCUT2D eigenvalue weighted by Crippen LogP contribution is -2.38. The quantitative estimate of drug-likeness (QED) is 0.767. The Morgan fingerprint density at radius 3 is 2.44 bits per heavy atom. The molecule has 0 bridgehead atoms. The lowest BCUT2D eigenvalue weighted by molar-refractivity contribution is 0.0906. The maximum absolute atomic E-state index is 12.7. The van der Waals surface area contributed by atoms with Crippen LogP contribution in [0.4, 0.5) is 0 Å². The Balaban J connectivity index is 2.10. The maximum atomic E-state index is 12.7. The molecule has 0 radical (unpaired) electrons. The molecular weight excluding hydrogens is 240 g/mol. The zero-order valence-corrected chi connectivity index (χ0v) is 11.0. The number of hydrogen-bond acceptors (Lipinski definition) is 2. The maximum Gasteiger partial charge on any atom is 0.175 e. The van der Waals surface area contributed by atoms with E-state index >= 15 is 0 Å². The lowest BCUT2D eigenvalue weighted by atomic mass is 9.77. The Morgan fingerprint density at radius 2 is 1.67 bits per heavy atom. The number of thioether (sulfide) groups is 1. The summed E-state index contributed by atoms with van der Waals surface area (Å²) in [7, 11) is 0. The van der Waals surface area contributed by atoms with Crippen molar-refractivity contribution >= 4 is 17.5 Å². The third-order valence-corrected chi connectivity index (χ3v) is 4.95. The second kappa shape index (κ2) is 4.29. The van der Waals surface area contributed by atoms with Gasteiger partial charge in [0.2, 0.25) is 0 Å². The van der Waals surface area contributed by atoms with Gasteiger partial charge >= 0.3 is 0 Å². The van der Waals surface area contributed by atoms with Gasteiger partial charge in [0, 0.05) is 16.2 Å². The molecule has 0 unspecified atom stereocenters. The van der Waals surface area contributed by atoms with Crippen LogP contribution in [0.5, 0.6) is 0 Å². The molecule has 2 heteroatoms. The van der Waals surface area contributed by atoms with Gasteiger partial charge in [-0.1, -0.05) is 48.5 Å². The minimum absolute atomic E-state index is 0.239. The van der Waals surface area contributed by atoms with Crippen LogP contribution in [0.2, 0.25) is 0 Å². The first-order valence-electron chi connectivity index (χ1n) is 6.04. The van der Waals surface area contributed by atoms with Gasteiger partial charge in [-0.2, -0.15) is 0 Å². The SMILES string of the molecule is C[C@]1(c2ccccc2)CSc2ccccc2C1=O. The van der Waals surface area contributed by atoms with E-state index in [1.54, 1.807) is 11.8 Å². The van der Waals surface area contributed by atoms with Crippen LogP contribution in [-0.2, 0) is 5.41 Å². The fourth-order valence-electron chi connectivity index (χ4n) is 2.39. The number of benzene rings is 2. The molecule has 2 aromatic rings. The first-order chi connectivity index (χ1) is 8.72. The Morgan fingerprint density at radius 1 is 1.00 bits per heavy atom. The van der Waals surface area contributed by atoms with Gasteiger partial charge in [0.05, 0.1) is 5.41 Å². The van der Waals surface area contributed by atoms with Crippen molar-refractivity contribution in [2.45, 2.75) is 17.2 Å². The van der Waals surface area contributed by atoms with Gasteiger partial charge in [-0.05, 0) is 18.6 Å². The smallest absolute Gasteiger partial charge is 0.175 e. The van der Waals surface area contributed by atoms with Crippen LogP contribution in [-0.4, -0.2) is 11.5 Å². The minimum atomic E-state index is -0.403. The molecule has 0 aromatic heterocycles. The molecule has 0 amide bonds. The van der Waals surface area contributed by atoms with Crippen molar-refractivity contribution in [1.82, 2.24) is 0 Å². The summed E-state index contributed by atoms with van der Waals surface area (Å²) in [6.45, 7) is 2.05. The number of ketones is 1. The van der Waals surface area contributed by atoms with Crippen molar-refractivity contribution in [2.24, 2.45) is 0 Å². The average Bonchev–Trinajstić information content (AvgIpc) is 2.44. The minimum Gasteiger partial charge on any atom is -0.293 e. The van der Waals surface area contributed by atoms with Crippen LogP contribution in [0.3, 0.4) is 0 Å². The molecule has 1 aliphatic rings. The Bertz CT molecular complexity index is 591. The van der Waals surface area contributed by atoms with Crippen molar-refractivity contribution < 1.29 is 4.79 Å². The molecule has 18 heavy (non-hydrogen) atoms. The molecule has 0 saturated heterocycles. The summed E-state index contributed by atoms with van der Waals surface area (Å²) in [5.74, 6) is 1.05. The summed E-state index contributed by atoms with van der Waals surface area (Å²) in [6.07, 6.45) is 0. The summed E-state index contributed by atoms with van der Waals surface area (Å²) < 4.78 is 0. The van der Waals surface area contributed by atoms with E-state index in [2.05, 4.69) is 0 Å². The highest BCUT2D eigenvalue weighted by Gasteiger charge is 2.40. The molecule has 90 valence electrons. The van der Waals surface area contributed by atoms with Crippen molar-refractivity contribution in [1.29, 1.82) is 0 Å². The van der Waals surface area contributed by atoms with E-state index in [0.29, 0.717) is 0 Å². The van der Waals surface area contributed by atoms with Crippen LogP contribution < -0.4 is 0 Å². The van der Waals surface area contributed by atoms with Crippen molar-refractivity contribution in [3.63, 3.8) is 0 Å².